The number of benzene rings is 2. The molecule has 31 heavy (non-hydrogen) atoms. The fourth-order valence-electron chi connectivity index (χ4n) is 4.05. The minimum Gasteiger partial charge on any atom is -0.382 e. The number of aromatic nitrogens is 3. The minimum absolute atomic E-state index is 0.0613. The van der Waals surface area contributed by atoms with Crippen LogP contribution in [0, 0.1) is 0 Å². The zero-order chi connectivity index (χ0) is 21.4. The zero-order valence-corrected chi connectivity index (χ0v) is 18.1. The van der Waals surface area contributed by atoms with Crippen LogP contribution in [0.2, 0.25) is 5.02 Å². The highest BCUT2D eigenvalue weighted by atomic mass is 35.5. The van der Waals surface area contributed by atoms with Crippen molar-refractivity contribution < 1.29 is 4.79 Å². The maximum Gasteiger partial charge on any atom is 0.210 e. The van der Waals surface area contributed by atoms with E-state index in [2.05, 4.69) is 20.3 Å². The molecular weight excluding hydrogens is 434 g/mol. The SMILES string of the molecule is O=CN1CCC[C@@H]1CNc1ccc(Sc2nc3ccc(Cl)cc3[nH]2)c2[nH]ccc(=O)c12. The molecule has 9 heteroatoms. The zero-order valence-electron chi connectivity index (χ0n) is 16.5. The largest absolute Gasteiger partial charge is 0.382 e. The Hall–Kier alpha value is -2.97. The van der Waals surface area contributed by atoms with Gasteiger partial charge in [0.2, 0.25) is 6.41 Å². The van der Waals surface area contributed by atoms with E-state index in [1.54, 1.807) is 6.20 Å². The van der Waals surface area contributed by atoms with Gasteiger partial charge in [0.15, 0.2) is 10.6 Å². The van der Waals surface area contributed by atoms with Crippen LogP contribution in [0.5, 0.6) is 0 Å². The van der Waals surface area contributed by atoms with Crippen molar-refractivity contribution in [3.8, 4) is 0 Å². The van der Waals surface area contributed by atoms with Gasteiger partial charge in [-0.2, -0.15) is 0 Å². The predicted octanol–water partition coefficient (Wildman–Crippen LogP) is 4.24. The Morgan fingerprint density at radius 1 is 1.29 bits per heavy atom. The van der Waals surface area contributed by atoms with E-state index in [9.17, 15) is 9.59 Å². The Morgan fingerprint density at radius 3 is 3.06 bits per heavy atom. The van der Waals surface area contributed by atoms with Crippen LogP contribution in [0.1, 0.15) is 12.8 Å². The van der Waals surface area contributed by atoms with Crippen LogP contribution in [-0.2, 0) is 4.79 Å². The van der Waals surface area contributed by atoms with Crippen molar-refractivity contribution >= 4 is 57.4 Å². The summed E-state index contributed by atoms with van der Waals surface area (Å²) in [5.74, 6) is 0. The molecule has 2 aromatic carbocycles. The summed E-state index contributed by atoms with van der Waals surface area (Å²) in [7, 11) is 0. The molecule has 3 heterocycles. The lowest BCUT2D eigenvalue weighted by atomic mass is 10.1. The molecule has 0 bridgehead atoms. The molecule has 158 valence electrons. The van der Waals surface area contributed by atoms with Gasteiger partial charge >= 0.3 is 0 Å². The number of pyridine rings is 1. The number of hydrogen-bond donors (Lipinski definition) is 3. The smallest absolute Gasteiger partial charge is 0.210 e. The van der Waals surface area contributed by atoms with Gasteiger partial charge in [0, 0.05) is 47.0 Å². The van der Waals surface area contributed by atoms with Gasteiger partial charge in [-0.1, -0.05) is 11.6 Å². The van der Waals surface area contributed by atoms with Gasteiger partial charge in [-0.05, 0) is 54.9 Å². The third-order valence-corrected chi connectivity index (χ3v) is 6.77. The van der Waals surface area contributed by atoms with E-state index in [0.29, 0.717) is 17.0 Å². The van der Waals surface area contributed by atoms with Crippen LogP contribution in [0.4, 0.5) is 5.69 Å². The van der Waals surface area contributed by atoms with Crippen LogP contribution in [0.3, 0.4) is 0 Å². The first-order chi connectivity index (χ1) is 15.1. The molecule has 5 rings (SSSR count). The summed E-state index contributed by atoms with van der Waals surface area (Å²) >= 11 is 7.52. The Balaban J connectivity index is 1.47. The molecule has 3 N–H and O–H groups in total. The average Bonchev–Trinajstić information content (AvgIpc) is 3.39. The van der Waals surface area contributed by atoms with E-state index in [4.69, 9.17) is 11.6 Å². The molecule has 7 nitrogen and oxygen atoms in total. The molecule has 4 aromatic rings. The van der Waals surface area contributed by atoms with Gasteiger partial charge in [0.05, 0.1) is 21.9 Å². The van der Waals surface area contributed by atoms with E-state index in [-0.39, 0.29) is 11.5 Å². The van der Waals surface area contributed by atoms with Crippen LogP contribution >= 0.6 is 23.4 Å². The fourth-order valence-corrected chi connectivity index (χ4v) is 5.14. The molecule has 2 aromatic heterocycles. The van der Waals surface area contributed by atoms with Gasteiger partial charge in [0.1, 0.15) is 0 Å². The Bertz CT molecular complexity index is 1330. The number of hydrogen-bond acceptors (Lipinski definition) is 5. The standard InChI is InChI=1S/C22H20ClN5O2S/c23-13-3-4-15-17(10-13)27-22(26-15)31-19-6-5-16(20-18(30)7-8-24-21(19)20)25-11-14-2-1-9-28(14)12-29/h3-8,10,12,14,25H,1-2,9,11H2,(H,24,30)(H,26,27)/t14-/m1/s1. The number of carbonyl (C=O) groups is 1. The summed E-state index contributed by atoms with van der Waals surface area (Å²) in [5, 5.41) is 5.35. The van der Waals surface area contributed by atoms with E-state index in [0.717, 1.165) is 58.1 Å². The summed E-state index contributed by atoms with van der Waals surface area (Å²) < 4.78 is 0. The third-order valence-electron chi connectivity index (χ3n) is 5.59. The monoisotopic (exact) mass is 453 g/mol. The second-order valence-corrected chi connectivity index (χ2v) is 9.00. The van der Waals surface area contributed by atoms with Crippen LogP contribution in [0.15, 0.2) is 57.4 Å². The average molecular weight is 454 g/mol. The predicted molar refractivity (Wildman–Crippen MR) is 124 cm³/mol. The van der Waals surface area contributed by atoms with Crippen molar-refractivity contribution in [1.82, 2.24) is 19.9 Å². The molecule has 1 atom stereocenters. The summed E-state index contributed by atoms with van der Waals surface area (Å²) in [5.41, 5.74) is 3.14. The second-order valence-electron chi connectivity index (χ2n) is 7.53. The number of amides is 1. The maximum absolute atomic E-state index is 12.7. The number of carbonyl (C=O) groups excluding carboxylic acids is 1. The highest BCUT2D eigenvalue weighted by Gasteiger charge is 2.23. The summed E-state index contributed by atoms with van der Waals surface area (Å²) in [6.07, 6.45) is 4.53. The van der Waals surface area contributed by atoms with Crippen molar-refractivity contribution in [3.05, 3.63) is 57.8 Å². The van der Waals surface area contributed by atoms with Crippen molar-refractivity contribution in [2.45, 2.75) is 28.9 Å². The van der Waals surface area contributed by atoms with Crippen molar-refractivity contribution in [2.75, 3.05) is 18.4 Å². The lowest BCUT2D eigenvalue weighted by Crippen LogP contribution is -2.33. The number of rotatable bonds is 6. The van der Waals surface area contributed by atoms with Gasteiger partial charge in [-0.25, -0.2) is 4.98 Å². The number of nitrogens with zero attached hydrogens (tertiary/aromatic N) is 2. The fraction of sp³-hybridized carbons (Fsp3) is 0.227. The number of nitrogens with one attached hydrogen (secondary N) is 3. The molecule has 0 aliphatic carbocycles. The Kier molecular flexibility index (Phi) is 5.33. The molecule has 0 saturated carbocycles. The number of aromatic amines is 2. The van der Waals surface area contributed by atoms with Crippen LogP contribution < -0.4 is 10.7 Å². The van der Waals surface area contributed by atoms with E-state index < -0.39 is 0 Å². The van der Waals surface area contributed by atoms with Crippen LogP contribution in [-0.4, -0.2) is 45.4 Å². The van der Waals surface area contributed by atoms with Gasteiger partial charge < -0.3 is 20.2 Å². The lowest BCUT2D eigenvalue weighted by molar-refractivity contribution is -0.118. The number of likely N-dealkylation sites (tertiary alicyclic amines) is 1. The molecule has 0 radical (unpaired) electrons. The first-order valence-electron chi connectivity index (χ1n) is 10.0. The molecule has 0 spiro atoms. The molecular formula is C22H20ClN5O2S. The van der Waals surface area contributed by atoms with Crippen molar-refractivity contribution in [3.63, 3.8) is 0 Å². The van der Waals surface area contributed by atoms with Crippen molar-refractivity contribution in [1.29, 1.82) is 0 Å². The quantitative estimate of drug-likeness (QED) is 0.379. The lowest BCUT2D eigenvalue weighted by Gasteiger charge is -2.21. The molecule has 1 amide bonds. The number of anilines is 1. The van der Waals surface area contributed by atoms with E-state index >= 15 is 0 Å². The number of halogens is 1. The summed E-state index contributed by atoms with van der Waals surface area (Å²) in [6, 6.07) is 11.1. The van der Waals surface area contributed by atoms with E-state index in [1.807, 2.05) is 35.2 Å². The van der Waals surface area contributed by atoms with Crippen molar-refractivity contribution in [2.24, 2.45) is 0 Å². The second kappa shape index (κ2) is 8.28. The topological polar surface area (TPSA) is 93.9 Å². The van der Waals surface area contributed by atoms with Gasteiger partial charge in [-0.3, -0.25) is 9.59 Å². The Labute approximate surface area is 187 Å². The number of fused-ring (bicyclic) bond motifs is 2. The molecule has 0 unspecified atom stereocenters. The number of imidazole rings is 1. The first kappa shape index (κ1) is 20.0. The third kappa shape index (κ3) is 3.88. The Morgan fingerprint density at radius 2 is 2.19 bits per heavy atom. The van der Waals surface area contributed by atoms with E-state index in [1.165, 1.54) is 17.8 Å². The molecule has 1 aliphatic heterocycles. The van der Waals surface area contributed by atoms with Crippen LogP contribution in [0.25, 0.3) is 21.9 Å². The molecule has 1 fully saturated rings. The number of H-pyrrole nitrogens is 2. The molecule has 1 saturated heterocycles. The first-order valence-corrected chi connectivity index (χ1v) is 11.2. The summed E-state index contributed by atoms with van der Waals surface area (Å²) in [4.78, 5) is 37.8. The molecule has 1 aliphatic rings. The minimum atomic E-state index is -0.0613. The highest BCUT2D eigenvalue weighted by molar-refractivity contribution is 7.99. The summed E-state index contributed by atoms with van der Waals surface area (Å²) in [6.45, 7) is 1.40. The maximum atomic E-state index is 12.7. The van der Waals surface area contributed by atoms with Gasteiger partial charge in [-0.15, -0.1) is 0 Å². The normalized spacial score (nSPS) is 16.3. The van der Waals surface area contributed by atoms with Gasteiger partial charge in [0.25, 0.3) is 0 Å². The highest BCUT2D eigenvalue weighted by Crippen LogP contribution is 2.34.